The van der Waals surface area contributed by atoms with Crippen LogP contribution in [0.3, 0.4) is 0 Å². The highest BCUT2D eigenvalue weighted by molar-refractivity contribution is 5.95. The van der Waals surface area contributed by atoms with E-state index in [1.165, 1.54) is 16.9 Å². The fraction of sp³-hybridized carbons (Fsp3) is 0.143. The minimum Gasteiger partial charge on any atom is -0.497 e. The number of carbonyl (C=O) groups excluding carboxylic acids is 1. The molecule has 8 nitrogen and oxygen atoms in total. The molecule has 152 valence electrons. The maximum absolute atomic E-state index is 14.0. The number of ether oxygens (including phenoxy) is 1. The largest absolute Gasteiger partial charge is 0.497 e. The number of hydrogen-bond acceptors (Lipinski definition) is 5. The van der Waals surface area contributed by atoms with Gasteiger partial charge < -0.3 is 10.1 Å². The molecule has 0 spiro atoms. The minimum absolute atomic E-state index is 0.159. The molecule has 0 unspecified atom stereocenters. The Balaban J connectivity index is 1.44. The van der Waals surface area contributed by atoms with E-state index in [-0.39, 0.29) is 18.1 Å². The molecule has 0 bridgehead atoms. The van der Waals surface area contributed by atoms with Crippen LogP contribution < -0.4 is 10.1 Å². The molecule has 0 aliphatic carbocycles. The van der Waals surface area contributed by atoms with Crippen molar-refractivity contribution in [1.82, 2.24) is 30.3 Å². The Bertz CT molecular complexity index is 1180. The summed E-state index contributed by atoms with van der Waals surface area (Å²) in [7, 11) is 1.60. The fourth-order valence-electron chi connectivity index (χ4n) is 3.00. The average Bonchev–Trinajstić information content (AvgIpc) is 3.39. The molecule has 0 saturated carbocycles. The number of nitrogens with zero attached hydrogens (tertiary/aromatic N) is 4. The predicted molar refractivity (Wildman–Crippen MR) is 108 cm³/mol. The first-order valence-electron chi connectivity index (χ1n) is 9.20. The fourth-order valence-corrected chi connectivity index (χ4v) is 3.00. The first-order valence-corrected chi connectivity index (χ1v) is 9.20. The van der Waals surface area contributed by atoms with Gasteiger partial charge in [0.05, 0.1) is 31.1 Å². The normalized spacial score (nSPS) is 10.8. The van der Waals surface area contributed by atoms with Crippen molar-refractivity contribution in [3.8, 4) is 22.8 Å². The summed E-state index contributed by atoms with van der Waals surface area (Å²) >= 11 is 0. The van der Waals surface area contributed by atoms with Crippen LogP contribution in [0.1, 0.15) is 21.9 Å². The van der Waals surface area contributed by atoms with Gasteiger partial charge in [-0.25, -0.2) is 14.1 Å². The highest BCUT2D eigenvalue weighted by Gasteiger charge is 2.17. The lowest BCUT2D eigenvalue weighted by molar-refractivity contribution is 0.0949. The summed E-state index contributed by atoms with van der Waals surface area (Å²) < 4.78 is 20.6. The van der Waals surface area contributed by atoms with Gasteiger partial charge in [0.15, 0.2) is 5.82 Å². The summed E-state index contributed by atoms with van der Waals surface area (Å²) in [5.74, 6) is 1.02. The third-order valence-electron chi connectivity index (χ3n) is 4.63. The standard InChI is InChI=1S/C21H19FN6O2/c1-13-16(11-24-28(13)18-6-4-3-5-17(18)22)21(29)23-12-19-25-20(27-26-19)14-7-9-15(30-2)10-8-14/h3-11H,12H2,1-2H3,(H,23,29)(H,25,26,27). The van der Waals surface area contributed by atoms with Crippen LogP contribution >= 0.6 is 0 Å². The Morgan fingerprint density at radius 3 is 2.70 bits per heavy atom. The first kappa shape index (κ1) is 19.3. The molecule has 9 heteroatoms. The van der Waals surface area contributed by atoms with E-state index in [0.29, 0.717) is 22.9 Å². The maximum atomic E-state index is 14.0. The molecular formula is C21H19FN6O2. The number of rotatable bonds is 6. The van der Waals surface area contributed by atoms with Crippen LogP contribution in [0.2, 0.25) is 0 Å². The SMILES string of the molecule is COc1ccc(-c2n[nH]c(CNC(=O)c3cnn(-c4ccccc4F)c3C)n2)cc1. The Kier molecular flexibility index (Phi) is 5.25. The number of halogens is 1. The average molecular weight is 406 g/mol. The molecular weight excluding hydrogens is 387 g/mol. The van der Waals surface area contributed by atoms with E-state index in [4.69, 9.17) is 4.74 Å². The molecule has 2 aromatic heterocycles. The maximum Gasteiger partial charge on any atom is 0.255 e. The van der Waals surface area contributed by atoms with E-state index >= 15 is 0 Å². The number of carbonyl (C=O) groups is 1. The van der Waals surface area contributed by atoms with Crippen LogP contribution in [0.25, 0.3) is 17.1 Å². The summed E-state index contributed by atoms with van der Waals surface area (Å²) in [5, 5.41) is 13.9. The third-order valence-corrected chi connectivity index (χ3v) is 4.63. The van der Waals surface area contributed by atoms with Crippen LogP contribution in [0.5, 0.6) is 5.75 Å². The minimum atomic E-state index is -0.414. The van der Waals surface area contributed by atoms with Crippen LogP contribution in [-0.2, 0) is 6.54 Å². The number of amides is 1. The lowest BCUT2D eigenvalue weighted by Crippen LogP contribution is -2.24. The van der Waals surface area contributed by atoms with Crippen molar-refractivity contribution in [2.75, 3.05) is 7.11 Å². The summed E-state index contributed by atoms with van der Waals surface area (Å²) in [6, 6.07) is 13.6. The van der Waals surface area contributed by atoms with Gasteiger partial charge in [-0.15, -0.1) is 0 Å². The lowest BCUT2D eigenvalue weighted by atomic mass is 10.2. The number of nitrogens with one attached hydrogen (secondary N) is 2. The Hall–Kier alpha value is -4.01. The molecule has 4 rings (SSSR count). The molecule has 4 aromatic rings. The van der Waals surface area contributed by atoms with Crippen LogP contribution in [-0.4, -0.2) is 38.0 Å². The predicted octanol–water partition coefficient (Wildman–Crippen LogP) is 3.04. The van der Waals surface area contributed by atoms with Gasteiger partial charge in [-0.2, -0.15) is 10.2 Å². The van der Waals surface area contributed by atoms with Crippen molar-refractivity contribution in [3.05, 3.63) is 77.6 Å². The smallest absolute Gasteiger partial charge is 0.255 e. The van der Waals surface area contributed by atoms with Crippen LogP contribution in [0, 0.1) is 12.7 Å². The van der Waals surface area contributed by atoms with Gasteiger partial charge >= 0.3 is 0 Å². The number of hydrogen-bond donors (Lipinski definition) is 2. The second-order valence-electron chi connectivity index (χ2n) is 6.52. The second kappa shape index (κ2) is 8.16. The highest BCUT2D eigenvalue weighted by Crippen LogP contribution is 2.19. The van der Waals surface area contributed by atoms with Crippen LogP contribution in [0.15, 0.2) is 54.7 Å². The van der Waals surface area contributed by atoms with Gasteiger partial charge in [0.1, 0.15) is 23.1 Å². The Morgan fingerprint density at radius 1 is 1.20 bits per heavy atom. The molecule has 0 fully saturated rings. The van der Waals surface area contributed by atoms with E-state index in [9.17, 15) is 9.18 Å². The van der Waals surface area contributed by atoms with E-state index in [0.717, 1.165) is 11.3 Å². The van der Waals surface area contributed by atoms with Crippen molar-refractivity contribution >= 4 is 5.91 Å². The number of methoxy groups -OCH3 is 1. The van der Waals surface area contributed by atoms with Crippen LogP contribution in [0.4, 0.5) is 4.39 Å². The van der Waals surface area contributed by atoms with Crippen molar-refractivity contribution < 1.29 is 13.9 Å². The molecule has 0 saturated heterocycles. The van der Waals surface area contributed by atoms with E-state index in [1.807, 2.05) is 24.3 Å². The molecule has 0 atom stereocenters. The second-order valence-corrected chi connectivity index (χ2v) is 6.52. The number of benzene rings is 2. The van der Waals surface area contributed by atoms with Gasteiger partial charge in [0.2, 0.25) is 0 Å². The van der Waals surface area contributed by atoms with Crippen molar-refractivity contribution in [2.24, 2.45) is 0 Å². The zero-order valence-electron chi connectivity index (χ0n) is 16.4. The van der Waals surface area contributed by atoms with E-state index in [2.05, 4.69) is 25.6 Å². The van der Waals surface area contributed by atoms with Crippen molar-refractivity contribution in [1.29, 1.82) is 0 Å². The summed E-state index contributed by atoms with van der Waals surface area (Å²) in [5.41, 5.74) is 2.00. The summed E-state index contributed by atoms with van der Waals surface area (Å²) in [6.45, 7) is 1.87. The number of aromatic amines is 1. The number of para-hydroxylation sites is 1. The van der Waals surface area contributed by atoms with Gasteiger partial charge in [-0.05, 0) is 43.3 Å². The Morgan fingerprint density at radius 2 is 1.97 bits per heavy atom. The van der Waals surface area contributed by atoms with Gasteiger partial charge in [0.25, 0.3) is 5.91 Å². The zero-order chi connectivity index (χ0) is 21.1. The van der Waals surface area contributed by atoms with E-state index < -0.39 is 5.82 Å². The number of aromatic nitrogens is 5. The molecule has 2 N–H and O–H groups in total. The molecule has 2 aromatic carbocycles. The molecule has 0 radical (unpaired) electrons. The van der Waals surface area contributed by atoms with Gasteiger partial charge in [-0.1, -0.05) is 12.1 Å². The van der Waals surface area contributed by atoms with E-state index in [1.54, 1.807) is 32.2 Å². The summed E-state index contributed by atoms with van der Waals surface area (Å²) in [4.78, 5) is 17.0. The molecule has 0 aliphatic heterocycles. The molecule has 1 amide bonds. The highest BCUT2D eigenvalue weighted by atomic mass is 19.1. The molecule has 30 heavy (non-hydrogen) atoms. The molecule has 2 heterocycles. The van der Waals surface area contributed by atoms with Crippen molar-refractivity contribution in [2.45, 2.75) is 13.5 Å². The van der Waals surface area contributed by atoms with Gasteiger partial charge in [-0.3, -0.25) is 9.89 Å². The quantitative estimate of drug-likeness (QED) is 0.513. The summed E-state index contributed by atoms with van der Waals surface area (Å²) in [6.07, 6.45) is 1.42. The first-order chi connectivity index (χ1) is 14.6. The Labute approximate surface area is 171 Å². The zero-order valence-corrected chi connectivity index (χ0v) is 16.4. The third kappa shape index (κ3) is 3.77. The monoisotopic (exact) mass is 406 g/mol. The lowest BCUT2D eigenvalue weighted by Gasteiger charge is -2.06. The van der Waals surface area contributed by atoms with Crippen molar-refractivity contribution in [3.63, 3.8) is 0 Å². The topological polar surface area (TPSA) is 97.7 Å². The van der Waals surface area contributed by atoms with Gasteiger partial charge in [0, 0.05) is 5.56 Å². The molecule has 0 aliphatic rings. The number of H-pyrrole nitrogens is 1.